The Bertz CT molecular complexity index is 1260. The van der Waals surface area contributed by atoms with E-state index in [1.807, 2.05) is 13.0 Å². The Balaban J connectivity index is 1.74. The van der Waals surface area contributed by atoms with Crippen LogP contribution in [0.25, 0.3) is 15.9 Å². The van der Waals surface area contributed by atoms with Crippen LogP contribution in [0.5, 0.6) is 0 Å². The second-order valence-electron chi connectivity index (χ2n) is 5.35. The average Bonchev–Trinajstić information content (AvgIpc) is 3.23. The van der Waals surface area contributed by atoms with Crippen LogP contribution in [0.3, 0.4) is 0 Å². The summed E-state index contributed by atoms with van der Waals surface area (Å²) in [5.74, 6) is -0.498. The van der Waals surface area contributed by atoms with Crippen LogP contribution in [0.15, 0.2) is 35.4 Å². The van der Waals surface area contributed by atoms with E-state index in [1.165, 1.54) is 10.5 Å². The maximum absolute atomic E-state index is 12.6. The van der Waals surface area contributed by atoms with E-state index < -0.39 is 10.8 Å². The van der Waals surface area contributed by atoms with E-state index in [2.05, 4.69) is 15.3 Å². The lowest BCUT2D eigenvalue weighted by Crippen LogP contribution is -2.14. The number of pyridine rings is 1. The zero-order valence-electron chi connectivity index (χ0n) is 13.1. The lowest BCUT2D eigenvalue weighted by Gasteiger charge is -2.02. The Labute approximate surface area is 152 Å². The Kier molecular flexibility index (Phi) is 3.74. The number of hydrogen-bond donors (Lipinski definition) is 1. The highest BCUT2D eigenvalue weighted by atomic mass is 32.1. The summed E-state index contributed by atoms with van der Waals surface area (Å²) in [6.45, 7) is 1.85. The monoisotopic (exact) mass is 387 g/mol. The van der Waals surface area contributed by atoms with Crippen LogP contribution in [0, 0.1) is 17.0 Å². The van der Waals surface area contributed by atoms with E-state index in [4.69, 9.17) is 0 Å². The number of fused-ring (bicyclic) bond motifs is 2. The number of carbonyl (C=O) groups excluding carboxylic acids is 1. The molecule has 9 nitrogen and oxygen atoms in total. The minimum Gasteiger partial charge on any atom is -0.297 e. The van der Waals surface area contributed by atoms with Crippen molar-refractivity contribution >= 4 is 54.6 Å². The first kappa shape index (κ1) is 16.3. The van der Waals surface area contributed by atoms with Crippen molar-refractivity contribution in [3.8, 4) is 0 Å². The molecule has 11 heteroatoms. The largest absolute Gasteiger partial charge is 0.345 e. The summed E-state index contributed by atoms with van der Waals surface area (Å²) < 4.78 is 1.44. The molecule has 0 aliphatic rings. The van der Waals surface area contributed by atoms with E-state index in [1.54, 1.807) is 12.3 Å². The van der Waals surface area contributed by atoms with E-state index in [9.17, 15) is 19.7 Å². The molecule has 4 aromatic heterocycles. The molecule has 0 aliphatic heterocycles. The summed E-state index contributed by atoms with van der Waals surface area (Å²) in [6.07, 6.45) is 2.71. The molecule has 1 amide bonds. The first-order valence-corrected chi connectivity index (χ1v) is 8.90. The zero-order chi connectivity index (χ0) is 18.4. The van der Waals surface area contributed by atoms with Crippen molar-refractivity contribution in [1.29, 1.82) is 0 Å². The minimum atomic E-state index is -0.578. The standard InChI is InChI=1S/C15H9N5O4S2/c1-7-3-2-4-19-11(7)17-13-8(14(19)22)5-9(25-13)12(21)18-15-16-6-10(26-15)20(23)24/h2-6H,1H3,(H,16,18,21). The van der Waals surface area contributed by atoms with Crippen LogP contribution in [0.1, 0.15) is 15.2 Å². The fraction of sp³-hybridized carbons (Fsp3) is 0.0667. The smallest absolute Gasteiger partial charge is 0.297 e. The van der Waals surface area contributed by atoms with Crippen LogP contribution in [0.2, 0.25) is 0 Å². The number of carbonyl (C=O) groups is 1. The second-order valence-corrected chi connectivity index (χ2v) is 7.39. The number of nitrogens with zero attached hydrogens (tertiary/aromatic N) is 4. The predicted octanol–water partition coefficient (Wildman–Crippen LogP) is 2.83. The molecule has 26 heavy (non-hydrogen) atoms. The number of hydrogen-bond acceptors (Lipinski definition) is 8. The van der Waals surface area contributed by atoms with E-state index in [0.29, 0.717) is 15.9 Å². The molecule has 130 valence electrons. The third kappa shape index (κ3) is 2.62. The number of thiophene rings is 1. The van der Waals surface area contributed by atoms with Gasteiger partial charge in [0.2, 0.25) is 0 Å². The highest BCUT2D eigenvalue weighted by Crippen LogP contribution is 2.27. The number of nitrogens with one attached hydrogen (secondary N) is 1. The van der Waals surface area contributed by atoms with Gasteiger partial charge >= 0.3 is 5.00 Å². The molecular weight excluding hydrogens is 378 g/mol. The predicted molar refractivity (Wildman–Crippen MR) is 98.3 cm³/mol. The van der Waals surface area contributed by atoms with Crippen molar-refractivity contribution in [3.63, 3.8) is 0 Å². The first-order valence-electron chi connectivity index (χ1n) is 7.27. The molecule has 1 N–H and O–H groups in total. The van der Waals surface area contributed by atoms with E-state index in [-0.39, 0.29) is 20.6 Å². The first-order chi connectivity index (χ1) is 12.4. The molecule has 0 saturated carbocycles. The van der Waals surface area contributed by atoms with Gasteiger partial charge in [0.25, 0.3) is 11.5 Å². The van der Waals surface area contributed by atoms with E-state index >= 15 is 0 Å². The molecular formula is C15H9N5O4S2. The highest BCUT2D eigenvalue weighted by Gasteiger charge is 2.18. The summed E-state index contributed by atoms with van der Waals surface area (Å²) in [5, 5.41) is 13.5. The summed E-state index contributed by atoms with van der Waals surface area (Å²) in [5.41, 5.74) is 1.13. The van der Waals surface area contributed by atoms with Crippen molar-refractivity contribution in [2.45, 2.75) is 6.92 Å². The molecule has 4 rings (SSSR count). The number of aromatic nitrogens is 3. The van der Waals surface area contributed by atoms with Crippen LogP contribution in [-0.2, 0) is 0 Å². The Hall–Kier alpha value is -3.18. The third-order valence-corrected chi connectivity index (χ3v) is 5.54. The summed E-state index contributed by atoms with van der Waals surface area (Å²) in [6, 6.07) is 5.08. The average molecular weight is 387 g/mol. The Morgan fingerprint density at radius 3 is 2.92 bits per heavy atom. The minimum absolute atomic E-state index is 0.116. The molecule has 0 aromatic carbocycles. The van der Waals surface area contributed by atoms with Gasteiger partial charge in [-0.25, -0.2) is 9.97 Å². The van der Waals surface area contributed by atoms with Crippen molar-refractivity contribution in [3.05, 3.63) is 61.5 Å². The highest BCUT2D eigenvalue weighted by molar-refractivity contribution is 7.21. The summed E-state index contributed by atoms with van der Waals surface area (Å²) >= 11 is 1.84. The van der Waals surface area contributed by atoms with Gasteiger partial charge in [-0.05, 0) is 36.0 Å². The molecule has 0 radical (unpaired) electrons. The van der Waals surface area contributed by atoms with Gasteiger partial charge in [-0.1, -0.05) is 6.07 Å². The number of thiazole rings is 1. The van der Waals surface area contributed by atoms with Crippen molar-refractivity contribution < 1.29 is 9.72 Å². The molecule has 0 unspecified atom stereocenters. The molecule has 4 aromatic rings. The number of rotatable bonds is 3. The van der Waals surface area contributed by atoms with Crippen LogP contribution in [-0.4, -0.2) is 25.2 Å². The quantitative estimate of drug-likeness (QED) is 0.426. The van der Waals surface area contributed by atoms with Gasteiger partial charge in [0, 0.05) is 6.20 Å². The maximum atomic E-state index is 12.6. The van der Waals surface area contributed by atoms with Gasteiger partial charge in [-0.3, -0.25) is 29.4 Å². The molecule has 0 saturated heterocycles. The SMILES string of the molecule is Cc1cccn2c(=O)c3cc(C(=O)Nc4ncc([N+](=O)[O-])s4)sc3nc12. The van der Waals surface area contributed by atoms with Crippen molar-refractivity contribution in [2.24, 2.45) is 0 Å². The molecule has 0 spiro atoms. The normalized spacial score (nSPS) is 11.1. The summed E-state index contributed by atoms with van der Waals surface area (Å²) in [7, 11) is 0. The van der Waals surface area contributed by atoms with Crippen molar-refractivity contribution in [1.82, 2.24) is 14.4 Å². The van der Waals surface area contributed by atoms with Crippen molar-refractivity contribution in [2.75, 3.05) is 5.32 Å². The Morgan fingerprint density at radius 1 is 1.38 bits per heavy atom. The van der Waals surface area contributed by atoms with Gasteiger partial charge in [0.15, 0.2) is 5.13 Å². The topological polar surface area (TPSA) is 120 Å². The molecule has 0 atom stereocenters. The molecule has 0 aliphatic carbocycles. The van der Waals surface area contributed by atoms with Gasteiger partial charge in [-0.15, -0.1) is 11.3 Å². The molecule has 0 bridgehead atoms. The molecule has 0 fully saturated rings. The summed E-state index contributed by atoms with van der Waals surface area (Å²) in [4.78, 5) is 44.1. The fourth-order valence-electron chi connectivity index (χ4n) is 2.44. The van der Waals surface area contributed by atoms with Crippen LogP contribution in [0.4, 0.5) is 10.1 Å². The maximum Gasteiger partial charge on any atom is 0.345 e. The number of aryl methyl sites for hydroxylation is 1. The zero-order valence-corrected chi connectivity index (χ0v) is 14.8. The number of nitro groups is 1. The van der Waals surface area contributed by atoms with Gasteiger partial charge < -0.3 is 0 Å². The lowest BCUT2D eigenvalue weighted by molar-refractivity contribution is -0.380. The van der Waals surface area contributed by atoms with Crippen LogP contribution < -0.4 is 10.9 Å². The molecule has 4 heterocycles. The van der Waals surface area contributed by atoms with Gasteiger partial charge in [0.05, 0.1) is 15.2 Å². The number of anilines is 1. The van der Waals surface area contributed by atoms with E-state index in [0.717, 1.165) is 34.4 Å². The van der Waals surface area contributed by atoms with Gasteiger partial charge in [-0.2, -0.15) is 0 Å². The fourth-order valence-corrected chi connectivity index (χ4v) is 3.98. The van der Waals surface area contributed by atoms with Gasteiger partial charge in [0.1, 0.15) is 16.7 Å². The Morgan fingerprint density at radius 2 is 2.19 bits per heavy atom. The lowest BCUT2D eigenvalue weighted by atomic mass is 10.3. The second kappa shape index (κ2) is 5.97. The van der Waals surface area contributed by atoms with Crippen LogP contribution >= 0.6 is 22.7 Å². The number of amides is 1. The third-order valence-electron chi connectivity index (χ3n) is 3.65.